The molecule has 0 fully saturated rings. The van der Waals surface area contributed by atoms with Crippen LogP contribution in [0, 0.1) is 6.92 Å². The number of aromatic nitrogens is 1. The second-order valence-corrected chi connectivity index (χ2v) is 10.7. The minimum atomic E-state index is -0.194. The van der Waals surface area contributed by atoms with E-state index in [0.717, 1.165) is 24.2 Å². The molecule has 0 radical (unpaired) electrons. The van der Waals surface area contributed by atoms with Gasteiger partial charge >= 0.3 is 0 Å². The van der Waals surface area contributed by atoms with Crippen molar-refractivity contribution in [2.24, 2.45) is 0 Å². The topological polar surface area (TPSA) is 51.4 Å². The molecular weight excluding hydrogens is 560 g/mol. The lowest BCUT2D eigenvalue weighted by molar-refractivity contribution is -0.683. The molecular formula is C31H43BrN2O3S. The summed E-state index contributed by atoms with van der Waals surface area (Å²) < 4.78 is 13.9. The molecule has 0 unspecified atom stereocenters. The first-order chi connectivity index (χ1) is 18.1. The summed E-state index contributed by atoms with van der Waals surface area (Å²) in [6.07, 6.45) is 15.1. The van der Waals surface area contributed by atoms with Crippen LogP contribution in [-0.4, -0.2) is 19.1 Å². The van der Waals surface area contributed by atoms with E-state index < -0.39 is 0 Å². The Balaban J connectivity index is 0.00000507. The van der Waals surface area contributed by atoms with Gasteiger partial charge in [-0.2, -0.15) is 4.57 Å². The van der Waals surface area contributed by atoms with Crippen LogP contribution < -0.4 is 36.3 Å². The van der Waals surface area contributed by atoms with Crippen molar-refractivity contribution in [2.45, 2.75) is 84.6 Å². The number of nitrogens with zero attached hydrogens (tertiary/aromatic N) is 1. The molecule has 208 valence electrons. The number of hydrogen-bond donors (Lipinski definition) is 1. The van der Waals surface area contributed by atoms with Gasteiger partial charge in [0.1, 0.15) is 0 Å². The molecule has 1 amide bonds. The number of hydrogen-bond acceptors (Lipinski definition) is 4. The highest BCUT2D eigenvalue weighted by molar-refractivity contribution is 7.09. The molecule has 0 aliphatic carbocycles. The molecule has 2 aromatic carbocycles. The van der Waals surface area contributed by atoms with Crippen LogP contribution in [0.3, 0.4) is 0 Å². The van der Waals surface area contributed by atoms with Crippen LogP contribution in [-0.2, 0) is 11.3 Å². The molecule has 0 saturated heterocycles. The molecule has 0 aliphatic rings. The molecule has 5 nitrogen and oxygen atoms in total. The van der Waals surface area contributed by atoms with Crippen molar-refractivity contribution in [2.75, 3.05) is 18.5 Å². The summed E-state index contributed by atoms with van der Waals surface area (Å²) in [5, 5.41) is 2.94. The summed E-state index contributed by atoms with van der Waals surface area (Å²) in [6, 6.07) is 15.5. The molecule has 7 heteroatoms. The molecule has 1 heterocycles. The maximum Gasteiger partial charge on any atom is 0.262 e. The van der Waals surface area contributed by atoms with E-state index in [0.29, 0.717) is 18.1 Å². The van der Waals surface area contributed by atoms with Crippen molar-refractivity contribution < 1.29 is 35.8 Å². The molecule has 0 bridgehead atoms. The summed E-state index contributed by atoms with van der Waals surface area (Å²) in [5.41, 5.74) is 4.00. The van der Waals surface area contributed by atoms with Gasteiger partial charge in [0.15, 0.2) is 30.8 Å². The van der Waals surface area contributed by atoms with Crippen LogP contribution in [0.2, 0.25) is 0 Å². The smallest absolute Gasteiger partial charge is 0.262 e. The van der Waals surface area contributed by atoms with Gasteiger partial charge in [-0.05, 0) is 37.6 Å². The summed E-state index contributed by atoms with van der Waals surface area (Å²) >= 11 is 1.72. The summed E-state index contributed by atoms with van der Waals surface area (Å²) in [4.78, 5) is 13.8. The zero-order valence-electron chi connectivity index (χ0n) is 22.9. The number of benzene rings is 2. The van der Waals surface area contributed by atoms with E-state index in [1.54, 1.807) is 11.3 Å². The molecule has 3 aromatic rings. The highest BCUT2D eigenvalue weighted by atomic mass is 79.9. The van der Waals surface area contributed by atoms with Crippen LogP contribution in [0.15, 0.2) is 60.2 Å². The van der Waals surface area contributed by atoms with Crippen molar-refractivity contribution in [3.05, 3.63) is 70.7 Å². The van der Waals surface area contributed by atoms with Gasteiger partial charge in [0, 0.05) is 11.3 Å². The van der Waals surface area contributed by atoms with E-state index in [1.165, 1.54) is 62.7 Å². The van der Waals surface area contributed by atoms with Crippen LogP contribution >= 0.6 is 11.3 Å². The number of carbonyl (C=O) groups is 1. The third-order valence-corrected chi connectivity index (χ3v) is 7.11. The largest absolute Gasteiger partial charge is 1.00 e. The number of para-hydroxylation sites is 2. The predicted octanol–water partition coefficient (Wildman–Crippen LogP) is 4.71. The fourth-order valence-corrected chi connectivity index (χ4v) is 4.92. The molecule has 1 N–H and O–H groups in total. The highest BCUT2D eigenvalue weighted by Gasteiger charge is 2.10. The lowest BCUT2D eigenvalue weighted by atomic mass is 10.1. The third kappa shape index (κ3) is 12.4. The normalized spacial score (nSPS) is 10.6. The first-order valence-corrected chi connectivity index (χ1v) is 14.7. The van der Waals surface area contributed by atoms with Gasteiger partial charge in [0.05, 0.1) is 11.5 Å². The van der Waals surface area contributed by atoms with Gasteiger partial charge in [0.2, 0.25) is 5.51 Å². The van der Waals surface area contributed by atoms with E-state index >= 15 is 0 Å². The molecule has 0 atom stereocenters. The Bertz CT molecular complexity index is 1070. The lowest BCUT2D eigenvalue weighted by Crippen LogP contribution is -3.00. The first-order valence-electron chi connectivity index (χ1n) is 13.8. The van der Waals surface area contributed by atoms with Crippen molar-refractivity contribution in [1.82, 2.24) is 0 Å². The number of nitrogens with one attached hydrogen (secondary N) is 1. The number of rotatable bonds is 18. The molecule has 0 spiro atoms. The molecule has 0 saturated carbocycles. The number of unbranched alkanes of at least 4 members (excludes halogenated alkanes) is 9. The first kappa shape index (κ1) is 31.8. The van der Waals surface area contributed by atoms with Crippen LogP contribution in [0.1, 0.15) is 81.6 Å². The molecule has 0 aliphatic heterocycles. The Labute approximate surface area is 243 Å². The van der Waals surface area contributed by atoms with Crippen LogP contribution in [0.5, 0.6) is 11.5 Å². The van der Waals surface area contributed by atoms with Gasteiger partial charge in [-0.15, -0.1) is 0 Å². The Morgan fingerprint density at radius 2 is 1.53 bits per heavy atom. The summed E-state index contributed by atoms with van der Waals surface area (Å²) in [7, 11) is 0. The van der Waals surface area contributed by atoms with Gasteiger partial charge in [-0.1, -0.05) is 100 Å². The average Bonchev–Trinajstić information content (AvgIpc) is 3.31. The van der Waals surface area contributed by atoms with E-state index in [9.17, 15) is 4.79 Å². The van der Waals surface area contributed by atoms with Gasteiger partial charge < -0.3 is 31.8 Å². The Kier molecular flexibility index (Phi) is 15.8. The number of thiazole rings is 1. The number of carbonyl (C=O) groups excluding carboxylic acids is 1. The summed E-state index contributed by atoms with van der Waals surface area (Å²) in [5.74, 6) is 1.10. The number of anilines is 1. The molecule has 3 rings (SSSR count). The summed E-state index contributed by atoms with van der Waals surface area (Å²) in [6.45, 7) is 5.73. The van der Waals surface area contributed by atoms with Gasteiger partial charge in [0.25, 0.3) is 5.91 Å². The third-order valence-electron chi connectivity index (χ3n) is 6.26. The minimum Gasteiger partial charge on any atom is -1.00 e. The monoisotopic (exact) mass is 602 g/mol. The maximum atomic E-state index is 12.5. The van der Waals surface area contributed by atoms with Gasteiger partial charge in [-0.3, -0.25) is 4.79 Å². The Morgan fingerprint density at radius 3 is 2.18 bits per heavy atom. The average molecular weight is 604 g/mol. The second-order valence-electron chi connectivity index (χ2n) is 9.65. The number of aryl methyl sites for hydroxylation is 1. The quantitative estimate of drug-likeness (QED) is 0.169. The predicted molar refractivity (Wildman–Crippen MR) is 153 cm³/mol. The van der Waals surface area contributed by atoms with E-state index in [-0.39, 0.29) is 29.5 Å². The Hall–Kier alpha value is -2.38. The SMILES string of the molecule is CCCCCCCCCCCCOc1ccccc1OCC(=O)Nc1cccc(C[n+]2csc(C)c2)c1.[Br-]. The van der Waals surface area contributed by atoms with Crippen molar-refractivity contribution in [3.8, 4) is 11.5 Å². The maximum absolute atomic E-state index is 12.5. The highest BCUT2D eigenvalue weighted by Crippen LogP contribution is 2.27. The van der Waals surface area contributed by atoms with Gasteiger partial charge in [-0.25, -0.2) is 0 Å². The van der Waals surface area contributed by atoms with Crippen LogP contribution in [0.4, 0.5) is 5.69 Å². The van der Waals surface area contributed by atoms with Crippen LogP contribution in [0.25, 0.3) is 0 Å². The van der Waals surface area contributed by atoms with E-state index in [2.05, 4.69) is 41.5 Å². The zero-order chi connectivity index (χ0) is 26.1. The van der Waals surface area contributed by atoms with E-state index in [4.69, 9.17) is 9.47 Å². The van der Waals surface area contributed by atoms with Crippen molar-refractivity contribution in [3.63, 3.8) is 0 Å². The lowest BCUT2D eigenvalue weighted by Gasteiger charge is -2.13. The van der Waals surface area contributed by atoms with Crippen molar-refractivity contribution in [1.29, 1.82) is 0 Å². The standard InChI is InChI=1S/C31H42N2O3S.BrH/c1-3-4-5-6-7-8-9-10-11-14-20-35-29-18-12-13-19-30(29)36-24-31(34)32-28-17-15-16-27(21-28)23-33-22-26(2)37-25-33;/h12-13,15-19,21-22,25H,3-11,14,20,23-24H2,1-2H3;1H. The molecule has 38 heavy (non-hydrogen) atoms. The fourth-order valence-electron chi connectivity index (χ4n) is 4.29. The minimum absolute atomic E-state index is 0. The van der Waals surface area contributed by atoms with Crippen molar-refractivity contribution >= 4 is 22.9 Å². The molecule has 1 aromatic heterocycles. The number of ether oxygens (including phenoxy) is 2. The number of halogens is 1. The second kappa shape index (κ2) is 18.8. The zero-order valence-corrected chi connectivity index (χ0v) is 25.3. The fraction of sp³-hybridized carbons (Fsp3) is 0.484. The Morgan fingerprint density at radius 1 is 0.868 bits per heavy atom. The number of amides is 1. The van der Waals surface area contributed by atoms with E-state index in [1.807, 2.05) is 42.5 Å².